The van der Waals surface area contributed by atoms with Crippen LogP contribution in [0.5, 0.6) is 5.75 Å². The molecule has 2 aliphatic rings. The van der Waals surface area contributed by atoms with E-state index in [4.69, 9.17) is 13.9 Å². The zero-order valence-electron chi connectivity index (χ0n) is 9.99. The van der Waals surface area contributed by atoms with Crippen LogP contribution in [0.2, 0.25) is 0 Å². The third kappa shape index (κ3) is 1.65. The normalized spacial score (nSPS) is 37.9. The highest BCUT2D eigenvalue weighted by Gasteiger charge is 2.42. The van der Waals surface area contributed by atoms with E-state index < -0.39 is 23.9 Å². The number of hydrogen-bond donors (Lipinski definition) is 2. The van der Waals surface area contributed by atoms with Crippen molar-refractivity contribution in [2.45, 2.75) is 44.4 Å². The predicted octanol–water partition coefficient (Wildman–Crippen LogP) is 0.275. The van der Waals surface area contributed by atoms with E-state index in [9.17, 15) is 15.0 Å². The Kier molecular flexibility index (Phi) is 2.48. The third-order valence-electron chi connectivity index (χ3n) is 3.37. The molecule has 5 atom stereocenters. The first-order valence-corrected chi connectivity index (χ1v) is 5.85. The lowest BCUT2D eigenvalue weighted by Gasteiger charge is -2.31. The first kappa shape index (κ1) is 11.7. The lowest BCUT2D eigenvalue weighted by atomic mass is 9.98. The van der Waals surface area contributed by atoms with Gasteiger partial charge in [0.25, 0.3) is 0 Å². The van der Waals surface area contributed by atoms with Gasteiger partial charge in [-0.3, -0.25) is 0 Å². The summed E-state index contributed by atoms with van der Waals surface area (Å²) in [5.41, 5.74) is -0.721. The Morgan fingerprint density at radius 2 is 1.89 bits per heavy atom. The Morgan fingerprint density at radius 3 is 2.50 bits per heavy atom. The van der Waals surface area contributed by atoms with Crippen LogP contribution in [0.4, 0.5) is 0 Å². The molecule has 0 spiro atoms. The zero-order valence-corrected chi connectivity index (χ0v) is 9.99. The fraction of sp³-hybridized carbons (Fsp3) is 0.583. The molecule has 5 unspecified atom stereocenters. The van der Waals surface area contributed by atoms with Gasteiger partial charge in [-0.2, -0.15) is 0 Å². The molecule has 1 fully saturated rings. The number of ether oxygens (including phenoxy) is 2. The summed E-state index contributed by atoms with van der Waals surface area (Å²) in [4.78, 5) is 11.8. The molecule has 6 heteroatoms. The van der Waals surface area contributed by atoms with Crippen molar-refractivity contribution in [2.24, 2.45) is 0 Å². The van der Waals surface area contributed by atoms with Crippen LogP contribution < -0.4 is 10.4 Å². The van der Waals surface area contributed by atoms with Crippen LogP contribution in [-0.2, 0) is 4.74 Å². The van der Waals surface area contributed by atoms with Crippen LogP contribution >= 0.6 is 0 Å². The summed E-state index contributed by atoms with van der Waals surface area (Å²) in [6.07, 6.45) is -3.22. The molecule has 18 heavy (non-hydrogen) atoms. The lowest BCUT2D eigenvalue weighted by molar-refractivity contribution is -0.0637. The molecule has 3 rings (SSSR count). The number of epoxide rings is 1. The molecule has 3 heterocycles. The molecule has 0 bridgehead atoms. The Morgan fingerprint density at radius 1 is 1.22 bits per heavy atom. The minimum atomic E-state index is -1.29. The van der Waals surface area contributed by atoms with Gasteiger partial charge < -0.3 is 24.1 Å². The summed E-state index contributed by atoms with van der Waals surface area (Å²) in [6.45, 7) is 3.49. The largest absolute Gasteiger partial charge is 0.487 e. The van der Waals surface area contributed by atoms with E-state index in [1.165, 1.54) is 0 Å². The van der Waals surface area contributed by atoms with Crippen molar-refractivity contribution in [3.8, 4) is 5.75 Å². The van der Waals surface area contributed by atoms with E-state index in [1.54, 1.807) is 13.0 Å². The maximum atomic E-state index is 11.8. The van der Waals surface area contributed by atoms with E-state index in [2.05, 4.69) is 0 Å². The van der Waals surface area contributed by atoms with Gasteiger partial charge in [0.15, 0.2) is 0 Å². The highest BCUT2D eigenvalue weighted by Crippen LogP contribution is 2.41. The Labute approximate surface area is 103 Å². The number of fused-ring (bicyclic) bond motifs is 1. The standard InChI is InChI=1S/C12H14O6/c1-4-9(13)10(14)8-6(16-4)3-7(18-12(8)15)11-5(2)17-11/h3-5,9-11,13-14H,1-2H3. The second-order valence-electron chi connectivity index (χ2n) is 4.73. The van der Waals surface area contributed by atoms with Gasteiger partial charge >= 0.3 is 5.63 Å². The molecular weight excluding hydrogens is 240 g/mol. The zero-order chi connectivity index (χ0) is 13.0. The molecule has 6 nitrogen and oxygen atoms in total. The van der Waals surface area contributed by atoms with Crippen LogP contribution in [0.25, 0.3) is 0 Å². The van der Waals surface area contributed by atoms with Gasteiger partial charge in [-0.15, -0.1) is 0 Å². The fourth-order valence-electron chi connectivity index (χ4n) is 2.18. The van der Waals surface area contributed by atoms with Gasteiger partial charge in [0.2, 0.25) is 0 Å². The maximum absolute atomic E-state index is 11.8. The van der Waals surface area contributed by atoms with Crippen molar-refractivity contribution >= 4 is 0 Å². The summed E-state index contributed by atoms with van der Waals surface area (Å²) in [5, 5.41) is 19.5. The summed E-state index contributed by atoms with van der Waals surface area (Å²) < 4.78 is 15.7. The molecule has 0 aliphatic carbocycles. The Bertz CT molecular complexity index is 536. The van der Waals surface area contributed by atoms with Crippen molar-refractivity contribution in [1.29, 1.82) is 0 Å². The molecule has 0 saturated carbocycles. The lowest BCUT2D eigenvalue weighted by Crippen LogP contribution is -2.41. The summed E-state index contributed by atoms with van der Waals surface area (Å²) in [6, 6.07) is 1.55. The van der Waals surface area contributed by atoms with E-state index in [1.807, 2.05) is 6.92 Å². The van der Waals surface area contributed by atoms with Crippen LogP contribution in [0.15, 0.2) is 15.3 Å². The molecule has 0 aromatic carbocycles. The predicted molar refractivity (Wildman–Crippen MR) is 59.3 cm³/mol. The van der Waals surface area contributed by atoms with Crippen LogP contribution in [0.3, 0.4) is 0 Å². The molecule has 1 aromatic rings. The average molecular weight is 254 g/mol. The molecule has 1 aromatic heterocycles. The highest BCUT2D eigenvalue weighted by molar-refractivity contribution is 5.37. The number of aliphatic hydroxyl groups excluding tert-OH is 2. The third-order valence-corrected chi connectivity index (χ3v) is 3.37. The van der Waals surface area contributed by atoms with Crippen molar-refractivity contribution in [2.75, 3.05) is 0 Å². The second-order valence-corrected chi connectivity index (χ2v) is 4.73. The first-order chi connectivity index (χ1) is 8.49. The number of hydrogen-bond acceptors (Lipinski definition) is 6. The second kappa shape index (κ2) is 3.81. The van der Waals surface area contributed by atoms with E-state index in [0.717, 1.165) is 0 Å². The minimum absolute atomic E-state index is 0.0164. The van der Waals surface area contributed by atoms with Gasteiger partial charge in [-0.25, -0.2) is 4.79 Å². The van der Waals surface area contributed by atoms with Gasteiger partial charge in [0.1, 0.15) is 41.5 Å². The van der Waals surface area contributed by atoms with E-state index in [0.29, 0.717) is 5.76 Å². The van der Waals surface area contributed by atoms with Crippen molar-refractivity contribution in [3.63, 3.8) is 0 Å². The Balaban J connectivity index is 2.07. The molecule has 0 amide bonds. The number of rotatable bonds is 1. The molecule has 2 N–H and O–H groups in total. The highest BCUT2D eigenvalue weighted by atomic mass is 16.6. The van der Waals surface area contributed by atoms with Crippen molar-refractivity contribution in [3.05, 3.63) is 27.8 Å². The minimum Gasteiger partial charge on any atom is -0.487 e. The first-order valence-electron chi connectivity index (χ1n) is 5.85. The van der Waals surface area contributed by atoms with Gasteiger partial charge in [-0.05, 0) is 13.8 Å². The van der Waals surface area contributed by atoms with Gasteiger partial charge in [0, 0.05) is 6.07 Å². The molecule has 0 radical (unpaired) electrons. The summed E-state index contributed by atoms with van der Waals surface area (Å²) in [5.74, 6) is 0.649. The van der Waals surface area contributed by atoms with Crippen molar-refractivity contribution in [1.82, 2.24) is 0 Å². The average Bonchev–Trinajstić information content (AvgIpc) is 3.02. The monoisotopic (exact) mass is 254 g/mol. The fourth-order valence-corrected chi connectivity index (χ4v) is 2.18. The number of aliphatic hydroxyl groups is 2. The summed E-state index contributed by atoms with van der Waals surface area (Å²) >= 11 is 0. The van der Waals surface area contributed by atoms with Crippen LogP contribution in [-0.4, -0.2) is 28.5 Å². The maximum Gasteiger partial charge on any atom is 0.345 e. The van der Waals surface area contributed by atoms with E-state index >= 15 is 0 Å². The van der Waals surface area contributed by atoms with Gasteiger partial charge in [-0.1, -0.05) is 0 Å². The smallest absolute Gasteiger partial charge is 0.345 e. The van der Waals surface area contributed by atoms with Gasteiger partial charge in [0.05, 0.1) is 6.10 Å². The molecule has 1 saturated heterocycles. The molecule has 2 aliphatic heterocycles. The summed E-state index contributed by atoms with van der Waals surface area (Å²) in [7, 11) is 0. The quantitative estimate of drug-likeness (QED) is 0.699. The van der Waals surface area contributed by atoms with Crippen LogP contribution in [0.1, 0.15) is 37.4 Å². The van der Waals surface area contributed by atoms with Crippen LogP contribution in [0, 0.1) is 0 Å². The van der Waals surface area contributed by atoms with E-state index in [-0.39, 0.29) is 23.5 Å². The topological polar surface area (TPSA) is 92.4 Å². The molecular formula is C12H14O6. The molecule has 98 valence electrons. The SMILES string of the molecule is CC1OC1c1cc2c(c(=O)o1)C(O)C(O)C(C)O2. The van der Waals surface area contributed by atoms with Crippen molar-refractivity contribution < 1.29 is 24.1 Å². The Hall–Kier alpha value is -1.37.